The molecule has 17 heavy (non-hydrogen) atoms. The quantitative estimate of drug-likeness (QED) is 0.431. The summed E-state index contributed by atoms with van der Waals surface area (Å²) in [5.74, 6) is 0.341. The molecule has 0 radical (unpaired) electrons. The lowest BCUT2D eigenvalue weighted by molar-refractivity contribution is -0.137. The molecule has 1 rings (SSSR count). The average molecular weight is 236 g/mol. The molecule has 0 fully saturated rings. The van der Waals surface area contributed by atoms with E-state index in [-0.39, 0.29) is 12.8 Å². The molecular formula is C13H16O4. The fraction of sp³-hybridized carbons (Fsp3) is 0.308. The van der Waals surface area contributed by atoms with Crippen molar-refractivity contribution < 1.29 is 19.0 Å². The van der Waals surface area contributed by atoms with E-state index in [0.717, 1.165) is 5.56 Å². The Morgan fingerprint density at radius 3 is 2.94 bits per heavy atom. The first kappa shape index (κ1) is 13.3. The summed E-state index contributed by atoms with van der Waals surface area (Å²) in [4.78, 5) is 11.1. The Hall–Kier alpha value is -1.81. The van der Waals surface area contributed by atoms with Crippen molar-refractivity contribution in [2.24, 2.45) is 0 Å². The van der Waals surface area contributed by atoms with E-state index in [2.05, 4.69) is 0 Å². The Kier molecular flexibility index (Phi) is 5.82. The van der Waals surface area contributed by atoms with Gasteiger partial charge >= 0.3 is 5.97 Å². The van der Waals surface area contributed by atoms with Crippen molar-refractivity contribution in [3.8, 4) is 5.75 Å². The second kappa shape index (κ2) is 7.46. The highest BCUT2D eigenvalue weighted by Gasteiger charge is 1.96. The molecule has 0 saturated carbocycles. The van der Waals surface area contributed by atoms with E-state index in [1.165, 1.54) is 6.08 Å². The van der Waals surface area contributed by atoms with Crippen molar-refractivity contribution in [2.75, 3.05) is 20.5 Å². The van der Waals surface area contributed by atoms with Crippen LogP contribution in [-0.2, 0) is 14.3 Å². The van der Waals surface area contributed by atoms with Gasteiger partial charge < -0.3 is 14.2 Å². The molecule has 0 aliphatic rings. The van der Waals surface area contributed by atoms with Crippen molar-refractivity contribution in [3.05, 3.63) is 35.9 Å². The van der Waals surface area contributed by atoms with E-state index in [4.69, 9.17) is 14.2 Å². The maximum absolute atomic E-state index is 11.1. The molecule has 0 bridgehead atoms. The summed E-state index contributed by atoms with van der Waals surface area (Å²) in [5, 5.41) is 0. The number of methoxy groups -OCH3 is 1. The topological polar surface area (TPSA) is 44.8 Å². The van der Waals surface area contributed by atoms with Gasteiger partial charge in [-0.1, -0.05) is 12.1 Å². The van der Waals surface area contributed by atoms with Crippen LogP contribution in [0.15, 0.2) is 30.3 Å². The third kappa shape index (κ3) is 5.17. The smallest absolute Gasteiger partial charge is 0.330 e. The minimum atomic E-state index is -0.351. The number of benzene rings is 1. The van der Waals surface area contributed by atoms with Crippen molar-refractivity contribution in [2.45, 2.75) is 6.92 Å². The van der Waals surface area contributed by atoms with Crippen LogP contribution in [0.25, 0.3) is 6.08 Å². The van der Waals surface area contributed by atoms with Gasteiger partial charge in [0.2, 0.25) is 0 Å². The summed E-state index contributed by atoms with van der Waals surface area (Å²) < 4.78 is 14.9. The lowest BCUT2D eigenvalue weighted by Gasteiger charge is -2.04. The first-order valence-corrected chi connectivity index (χ1v) is 5.33. The standard InChI is InChI=1S/C13H16O4/c1-3-16-13(14)8-7-11-5-4-6-12(9-11)17-10-15-2/h4-9H,3,10H2,1-2H3. The number of rotatable bonds is 6. The Balaban J connectivity index is 2.61. The van der Waals surface area contributed by atoms with E-state index in [9.17, 15) is 4.79 Å². The van der Waals surface area contributed by atoms with Crippen LogP contribution in [0.1, 0.15) is 12.5 Å². The van der Waals surface area contributed by atoms with Gasteiger partial charge in [0.05, 0.1) is 6.61 Å². The average Bonchev–Trinajstić information content (AvgIpc) is 2.35. The second-order valence-corrected chi connectivity index (χ2v) is 3.21. The monoisotopic (exact) mass is 236 g/mol. The maximum Gasteiger partial charge on any atom is 0.330 e. The third-order valence-corrected chi connectivity index (χ3v) is 1.90. The van der Waals surface area contributed by atoms with E-state index in [1.54, 1.807) is 20.1 Å². The summed E-state index contributed by atoms with van der Waals surface area (Å²) in [7, 11) is 1.56. The highest BCUT2D eigenvalue weighted by Crippen LogP contribution is 2.14. The van der Waals surface area contributed by atoms with Gasteiger partial charge in [-0.25, -0.2) is 4.79 Å². The predicted octanol–water partition coefficient (Wildman–Crippen LogP) is 2.25. The van der Waals surface area contributed by atoms with Gasteiger partial charge in [-0.2, -0.15) is 0 Å². The number of ether oxygens (including phenoxy) is 3. The largest absolute Gasteiger partial charge is 0.468 e. The molecule has 0 spiro atoms. The first-order chi connectivity index (χ1) is 8.26. The van der Waals surface area contributed by atoms with Gasteiger partial charge in [-0.15, -0.1) is 0 Å². The van der Waals surface area contributed by atoms with Gasteiger partial charge in [-0.05, 0) is 30.7 Å². The molecule has 4 heteroatoms. The Bertz CT molecular complexity index is 385. The molecule has 92 valence electrons. The van der Waals surface area contributed by atoms with Crippen LogP contribution >= 0.6 is 0 Å². The Morgan fingerprint density at radius 2 is 2.24 bits per heavy atom. The summed E-state index contributed by atoms with van der Waals surface area (Å²) in [5.41, 5.74) is 0.867. The van der Waals surface area contributed by atoms with Gasteiger partial charge in [0.25, 0.3) is 0 Å². The van der Waals surface area contributed by atoms with E-state index >= 15 is 0 Å². The van der Waals surface area contributed by atoms with E-state index in [0.29, 0.717) is 12.4 Å². The zero-order valence-electron chi connectivity index (χ0n) is 10.0. The van der Waals surface area contributed by atoms with Gasteiger partial charge in [0, 0.05) is 13.2 Å². The van der Waals surface area contributed by atoms with Crippen molar-refractivity contribution in [3.63, 3.8) is 0 Å². The van der Waals surface area contributed by atoms with Crippen LogP contribution in [0, 0.1) is 0 Å². The van der Waals surface area contributed by atoms with Crippen LogP contribution in [-0.4, -0.2) is 26.5 Å². The number of esters is 1. The van der Waals surface area contributed by atoms with Gasteiger partial charge in [0.15, 0.2) is 6.79 Å². The van der Waals surface area contributed by atoms with Crippen LogP contribution in [0.2, 0.25) is 0 Å². The Labute approximate surface area is 101 Å². The van der Waals surface area contributed by atoms with Crippen molar-refractivity contribution in [1.29, 1.82) is 0 Å². The van der Waals surface area contributed by atoms with Gasteiger partial charge in [0.1, 0.15) is 5.75 Å². The predicted molar refractivity (Wildman–Crippen MR) is 64.6 cm³/mol. The lowest BCUT2D eigenvalue weighted by Crippen LogP contribution is -1.99. The molecule has 1 aromatic carbocycles. The molecule has 0 aromatic heterocycles. The van der Waals surface area contributed by atoms with Crippen LogP contribution in [0.3, 0.4) is 0 Å². The summed E-state index contributed by atoms with van der Waals surface area (Å²) in [6.45, 7) is 2.34. The number of hydrogen-bond donors (Lipinski definition) is 0. The second-order valence-electron chi connectivity index (χ2n) is 3.21. The van der Waals surface area contributed by atoms with Crippen LogP contribution in [0.5, 0.6) is 5.75 Å². The minimum absolute atomic E-state index is 0.199. The van der Waals surface area contributed by atoms with E-state index < -0.39 is 0 Å². The van der Waals surface area contributed by atoms with Crippen molar-refractivity contribution in [1.82, 2.24) is 0 Å². The molecule has 0 atom stereocenters. The van der Waals surface area contributed by atoms with E-state index in [1.807, 2.05) is 24.3 Å². The summed E-state index contributed by atoms with van der Waals surface area (Å²) >= 11 is 0. The summed E-state index contributed by atoms with van der Waals surface area (Å²) in [6.07, 6.45) is 3.07. The molecule has 1 aromatic rings. The van der Waals surface area contributed by atoms with Crippen LogP contribution < -0.4 is 4.74 Å². The molecule has 0 aliphatic carbocycles. The van der Waals surface area contributed by atoms with Gasteiger partial charge in [-0.3, -0.25) is 0 Å². The first-order valence-electron chi connectivity index (χ1n) is 5.33. The fourth-order valence-electron chi connectivity index (χ4n) is 1.19. The lowest BCUT2D eigenvalue weighted by atomic mass is 10.2. The fourth-order valence-corrected chi connectivity index (χ4v) is 1.19. The maximum atomic E-state index is 11.1. The summed E-state index contributed by atoms with van der Waals surface area (Å²) in [6, 6.07) is 7.35. The molecular weight excluding hydrogens is 220 g/mol. The SMILES string of the molecule is CCOC(=O)C=Cc1cccc(OCOC)c1. The molecule has 4 nitrogen and oxygen atoms in total. The highest BCUT2D eigenvalue weighted by atomic mass is 16.7. The van der Waals surface area contributed by atoms with Crippen molar-refractivity contribution >= 4 is 12.0 Å². The normalized spacial score (nSPS) is 10.5. The number of hydrogen-bond acceptors (Lipinski definition) is 4. The zero-order chi connectivity index (χ0) is 12.5. The van der Waals surface area contributed by atoms with Crippen LogP contribution in [0.4, 0.5) is 0 Å². The third-order valence-electron chi connectivity index (χ3n) is 1.90. The number of carbonyl (C=O) groups excluding carboxylic acids is 1. The Morgan fingerprint density at radius 1 is 1.41 bits per heavy atom. The molecule has 0 amide bonds. The zero-order valence-corrected chi connectivity index (χ0v) is 10.0. The minimum Gasteiger partial charge on any atom is -0.468 e. The number of carbonyl (C=O) groups is 1. The molecule has 0 saturated heterocycles. The molecule has 0 N–H and O–H groups in total. The molecule has 0 unspecified atom stereocenters. The molecule has 0 aliphatic heterocycles. The highest BCUT2D eigenvalue weighted by molar-refractivity contribution is 5.87. The molecule has 0 heterocycles.